The average molecular weight is 559 g/mol. The van der Waals surface area contributed by atoms with Crippen LogP contribution in [0.1, 0.15) is 11.1 Å². The van der Waals surface area contributed by atoms with Gasteiger partial charge in [-0.25, -0.2) is 0 Å². The fourth-order valence-electron chi connectivity index (χ4n) is 4.19. The van der Waals surface area contributed by atoms with Crippen LogP contribution in [0.2, 0.25) is 5.02 Å². The monoisotopic (exact) mass is 558 g/mol. The smallest absolute Gasteiger partial charge is 0.294 e. The van der Waals surface area contributed by atoms with Gasteiger partial charge in [0.2, 0.25) is 11.8 Å². The summed E-state index contributed by atoms with van der Waals surface area (Å²) < 4.78 is 1.80. The molecule has 2 N–H and O–H groups in total. The van der Waals surface area contributed by atoms with E-state index in [4.69, 9.17) is 11.6 Å². The van der Waals surface area contributed by atoms with Crippen molar-refractivity contribution in [2.75, 3.05) is 17.2 Å². The minimum atomic E-state index is -0.562. The second-order valence-corrected chi connectivity index (χ2v) is 10.3. The highest BCUT2D eigenvalue weighted by Gasteiger charge is 2.36. The molecule has 1 fully saturated rings. The van der Waals surface area contributed by atoms with Crippen molar-refractivity contribution in [2.24, 2.45) is 0 Å². The molecule has 0 radical (unpaired) electrons. The number of carbonyl (C=O) groups excluding carboxylic acids is 4. The Bertz CT molecular complexity index is 1640. The first-order valence-electron chi connectivity index (χ1n) is 12.0. The van der Waals surface area contributed by atoms with E-state index in [-0.39, 0.29) is 17.4 Å². The average Bonchev–Trinajstić information content (AvgIpc) is 3.38. The SMILES string of the molecule is Cc1ccc(NC(=O)Cn2cc(/C=C3/SC(=O)N(CC(=O)Nc4ccccc4Cl)C3=O)c3ccccc32)cc1. The van der Waals surface area contributed by atoms with Gasteiger partial charge in [0.1, 0.15) is 13.1 Å². The number of benzene rings is 3. The molecule has 0 bridgehead atoms. The largest absolute Gasteiger partial charge is 0.337 e. The van der Waals surface area contributed by atoms with Gasteiger partial charge in [-0.3, -0.25) is 24.1 Å². The number of nitrogens with zero attached hydrogens (tertiary/aromatic N) is 2. The van der Waals surface area contributed by atoms with Gasteiger partial charge < -0.3 is 15.2 Å². The molecule has 0 aliphatic carbocycles. The molecule has 3 aromatic carbocycles. The van der Waals surface area contributed by atoms with Crippen LogP contribution in [0.4, 0.5) is 16.2 Å². The minimum absolute atomic E-state index is 0.0614. The van der Waals surface area contributed by atoms with Crippen LogP contribution >= 0.6 is 23.4 Å². The summed E-state index contributed by atoms with van der Waals surface area (Å²) >= 11 is 6.85. The Labute approximate surface area is 233 Å². The topological polar surface area (TPSA) is 101 Å². The molecule has 196 valence electrons. The number of nitrogens with one attached hydrogen (secondary N) is 2. The minimum Gasteiger partial charge on any atom is -0.337 e. The highest BCUT2D eigenvalue weighted by Crippen LogP contribution is 2.34. The van der Waals surface area contributed by atoms with Crippen molar-refractivity contribution in [1.29, 1.82) is 0 Å². The van der Waals surface area contributed by atoms with Crippen LogP contribution in [0.15, 0.2) is 83.9 Å². The first kappa shape index (κ1) is 26.3. The molecule has 10 heteroatoms. The number of para-hydroxylation sites is 2. The molecule has 1 aromatic heterocycles. The number of aromatic nitrogens is 1. The predicted octanol–water partition coefficient (Wildman–Crippen LogP) is 5.92. The van der Waals surface area contributed by atoms with Crippen molar-refractivity contribution in [3.63, 3.8) is 0 Å². The van der Waals surface area contributed by atoms with Crippen LogP contribution in [0, 0.1) is 6.92 Å². The molecule has 0 unspecified atom stereocenters. The zero-order chi connectivity index (χ0) is 27.5. The third-order valence-corrected chi connectivity index (χ3v) is 7.32. The molecule has 4 amide bonds. The lowest BCUT2D eigenvalue weighted by atomic mass is 10.1. The van der Waals surface area contributed by atoms with Crippen LogP contribution in [0.3, 0.4) is 0 Å². The lowest BCUT2D eigenvalue weighted by molar-refractivity contribution is -0.127. The number of amides is 4. The molecule has 0 spiro atoms. The fourth-order valence-corrected chi connectivity index (χ4v) is 5.20. The number of rotatable bonds is 7. The maximum atomic E-state index is 13.1. The van der Waals surface area contributed by atoms with E-state index in [0.717, 1.165) is 33.1 Å². The Hall–Kier alpha value is -4.34. The number of anilines is 2. The number of hydrogen-bond donors (Lipinski definition) is 2. The molecule has 1 aliphatic heterocycles. The fraction of sp³-hybridized carbons (Fsp3) is 0.103. The molecule has 0 atom stereocenters. The number of fused-ring (bicyclic) bond motifs is 1. The number of thioether (sulfide) groups is 1. The Morgan fingerprint density at radius 1 is 0.897 bits per heavy atom. The lowest BCUT2D eigenvalue weighted by Crippen LogP contribution is -2.36. The van der Waals surface area contributed by atoms with Crippen molar-refractivity contribution in [2.45, 2.75) is 13.5 Å². The molecule has 0 saturated carbocycles. The van der Waals surface area contributed by atoms with Crippen LogP contribution in [0.25, 0.3) is 17.0 Å². The van der Waals surface area contributed by atoms with Crippen LogP contribution in [0.5, 0.6) is 0 Å². The van der Waals surface area contributed by atoms with Gasteiger partial charge >= 0.3 is 0 Å². The predicted molar refractivity (Wildman–Crippen MR) is 155 cm³/mol. The zero-order valence-corrected chi connectivity index (χ0v) is 22.4. The summed E-state index contributed by atoms with van der Waals surface area (Å²) in [5, 5.41) is 6.15. The van der Waals surface area contributed by atoms with Crippen molar-refractivity contribution < 1.29 is 19.2 Å². The maximum absolute atomic E-state index is 13.1. The molecular formula is C29H23ClN4O4S. The molecule has 8 nitrogen and oxygen atoms in total. The first-order chi connectivity index (χ1) is 18.8. The number of halogens is 1. The first-order valence-corrected chi connectivity index (χ1v) is 13.2. The van der Waals surface area contributed by atoms with E-state index >= 15 is 0 Å². The molecule has 1 saturated heterocycles. The molecule has 2 heterocycles. The van der Waals surface area contributed by atoms with E-state index in [1.807, 2.05) is 55.5 Å². The number of aryl methyl sites for hydroxylation is 1. The van der Waals surface area contributed by atoms with E-state index in [1.165, 1.54) is 0 Å². The normalized spacial score (nSPS) is 14.3. The summed E-state index contributed by atoms with van der Waals surface area (Å²) in [7, 11) is 0. The van der Waals surface area contributed by atoms with Gasteiger partial charge in [-0.05, 0) is 55.1 Å². The van der Waals surface area contributed by atoms with Crippen LogP contribution in [-0.2, 0) is 20.9 Å². The Morgan fingerprint density at radius 2 is 1.59 bits per heavy atom. The van der Waals surface area contributed by atoms with Crippen molar-refractivity contribution in [3.05, 3.63) is 100 Å². The summed E-state index contributed by atoms with van der Waals surface area (Å²) in [4.78, 5) is 52.0. The quantitative estimate of drug-likeness (QED) is 0.274. The van der Waals surface area contributed by atoms with E-state index in [1.54, 1.807) is 41.1 Å². The summed E-state index contributed by atoms with van der Waals surface area (Å²) in [6, 6.07) is 21.7. The lowest BCUT2D eigenvalue weighted by Gasteiger charge is -2.13. The number of hydrogen-bond acceptors (Lipinski definition) is 5. The third kappa shape index (κ3) is 5.89. The van der Waals surface area contributed by atoms with Gasteiger partial charge in [0, 0.05) is 28.4 Å². The van der Waals surface area contributed by atoms with E-state index in [0.29, 0.717) is 22.0 Å². The standard InChI is InChI=1S/C29H23ClN4O4S/c1-18-10-12-20(13-11-18)31-26(35)16-33-15-19(21-6-2-5-9-24(21)33)14-25-28(37)34(29(38)39-25)17-27(36)32-23-8-4-3-7-22(23)30/h2-15H,16-17H2,1H3,(H,31,35)(H,32,36)/b25-14+. The van der Waals surface area contributed by atoms with Gasteiger partial charge in [0.05, 0.1) is 15.6 Å². The summed E-state index contributed by atoms with van der Waals surface area (Å²) in [6.07, 6.45) is 3.39. The second kappa shape index (κ2) is 11.2. The van der Waals surface area contributed by atoms with E-state index in [2.05, 4.69) is 10.6 Å². The van der Waals surface area contributed by atoms with Gasteiger partial charge in [-0.15, -0.1) is 0 Å². The summed E-state index contributed by atoms with van der Waals surface area (Å²) in [5.74, 6) is -1.30. The molecular weight excluding hydrogens is 536 g/mol. The molecule has 4 aromatic rings. The van der Waals surface area contributed by atoms with Crippen LogP contribution in [-0.4, -0.2) is 39.0 Å². The Kier molecular flexibility index (Phi) is 7.53. The third-order valence-electron chi connectivity index (χ3n) is 6.08. The Morgan fingerprint density at radius 3 is 2.36 bits per heavy atom. The van der Waals surface area contributed by atoms with Gasteiger partial charge in [0.25, 0.3) is 11.1 Å². The molecule has 5 rings (SSSR count). The Balaban J connectivity index is 1.33. The van der Waals surface area contributed by atoms with Crippen LogP contribution < -0.4 is 10.6 Å². The van der Waals surface area contributed by atoms with Crippen molar-refractivity contribution >= 4 is 74.7 Å². The maximum Gasteiger partial charge on any atom is 0.294 e. The second-order valence-electron chi connectivity index (χ2n) is 8.94. The molecule has 39 heavy (non-hydrogen) atoms. The highest BCUT2D eigenvalue weighted by atomic mass is 35.5. The van der Waals surface area contributed by atoms with Gasteiger partial charge in [-0.1, -0.05) is 59.6 Å². The highest BCUT2D eigenvalue weighted by molar-refractivity contribution is 8.18. The molecule has 1 aliphatic rings. The zero-order valence-electron chi connectivity index (χ0n) is 20.8. The number of carbonyl (C=O) groups is 4. The van der Waals surface area contributed by atoms with Crippen molar-refractivity contribution in [1.82, 2.24) is 9.47 Å². The van der Waals surface area contributed by atoms with E-state index < -0.39 is 23.6 Å². The summed E-state index contributed by atoms with van der Waals surface area (Å²) in [5.41, 5.74) is 3.68. The van der Waals surface area contributed by atoms with E-state index in [9.17, 15) is 19.2 Å². The number of imide groups is 1. The van der Waals surface area contributed by atoms with Gasteiger partial charge in [0.15, 0.2) is 0 Å². The summed E-state index contributed by atoms with van der Waals surface area (Å²) in [6.45, 7) is 1.60. The van der Waals surface area contributed by atoms with Gasteiger partial charge in [-0.2, -0.15) is 0 Å². The van der Waals surface area contributed by atoms with Crippen molar-refractivity contribution in [3.8, 4) is 0 Å².